The summed E-state index contributed by atoms with van der Waals surface area (Å²) >= 11 is 5.93. The van der Waals surface area contributed by atoms with Crippen LogP contribution in [0.4, 0.5) is 5.69 Å². The van der Waals surface area contributed by atoms with E-state index in [0.717, 1.165) is 5.56 Å². The smallest absolute Gasteiger partial charge is 0.352 e. The van der Waals surface area contributed by atoms with Crippen molar-refractivity contribution >= 4 is 35.2 Å². The van der Waals surface area contributed by atoms with Crippen molar-refractivity contribution in [1.82, 2.24) is 5.32 Å². The van der Waals surface area contributed by atoms with Gasteiger partial charge in [0.15, 0.2) is 0 Å². The lowest BCUT2D eigenvalue weighted by Crippen LogP contribution is -2.26. The molecule has 0 spiro atoms. The first kappa shape index (κ1) is 15.0. The molecular formula is C13H15ClN2O3. The van der Waals surface area contributed by atoms with Crippen LogP contribution in [0.15, 0.2) is 17.8 Å². The molecule has 0 unspecified atom stereocenters. The Balaban J connectivity index is 3.15. The average molecular weight is 283 g/mol. The van der Waals surface area contributed by atoms with Crippen LogP contribution in [0.25, 0.3) is 6.08 Å². The third kappa shape index (κ3) is 3.99. The Kier molecular flexibility index (Phi) is 4.94. The molecule has 4 N–H and O–H groups in total. The summed E-state index contributed by atoms with van der Waals surface area (Å²) in [5.74, 6) is -1.58. The van der Waals surface area contributed by atoms with Crippen molar-refractivity contribution in [3.8, 4) is 0 Å². The number of nitrogen functional groups attached to an aromatic ring is 1. The topological polar surface area (TPSA) is 92.4 Å². The second kappa shape index (κ2) is 6.24. The molecule has 0 aliphatic rings. The van der Waals surface area contributed by atoms with Crippen LogP contribution in [0.5, 0.6) is 0 Å². The number of nitrogens with one attached hydrogen (secondary N) is 1. The summed E-state index contributed by atoms with van der Waals surface area (Å²) in [5, 5.41) is 11.7. The highest BCUT2D eigenvalue weighted by atomic mass is 35.5. The number of rotatable bonds is 4. The number of carbonyl (C=O) groups excluding carboxylic acids is 1. The first-order valence-electron chi connectivity index (χ1n) is 5.65. The highest BCUT2D eigenvalue weighted by molar-refractivity contribution is 6.33. The summed E-state index contributed by atoms with van der Waals surface area (Å²) in [4.78, 5) is 22.3. The normalized spacial score (nSPS) is 11.2. The first-order chi connectivity index (χ1) is 8.85. The van der Waals surface area contributed by atoms with Gasteiger partial charge in [-0.05, 0) is 36.3 Å². The second-order valence-electron chi connectivity index (χ2n) is 4.00. The van der Waals surface area contributed by atoms with E-state index in [1.165, 1.54) is 6.08 Å². The Morgan fingerprint density at radius 3 is 2.58 bits per heavy atom. The van der Waals surface area contributed by atoms with Crippen molar-refractivity contribution < 1.29 is 14.7 Å². The van der Waals surface area contributed by atoms with Crippen molar-refractivity contribution in [3.05, 3.63) is 34.0 Å². The predicted octanol–water partition coefficient (Wildman–Crippen LogP) is 2.18. The van der Waals surface area contributed by atoms with Crippen molar-refractivity contribution in [2.75, 3.05) is 5.73 Å². The monoisotopic (exact) mass is 282 g/mol. The highest BCUT2D eigenvalue weighted by Gasteiger charge is 2.11. The Labute approximate surface area is 116 Å². The molecule has 1 amide bonds. The van der Waals surface area contributed by atoms with E-state index in [1.54, 1.807) is 26.0 Å². The summed E-state index contributed by atoms with van der Waals surface area (Å²) in [6.45, 7) is 3.41. The Bertz CT molecular complexity index is 530. The van der Waals surface area contributed by atoms with E-state index in [9.17, 15) is 9.59 Å². The van der Waals surface area contributed by atoms with Gasteiger partial charge in [0.05, 0.1) is 10.7 Å². The summed E-state index contributed by atoms with van der Waals surface area (Å²) in [6.07, 6.45) is 1.54. The zero-order valence-corrected chi connectivity index (χ0v) is 11.4. The minimum Gasteiger partial charge on any atom is -0.477 e. The molecule has 0 fully saturated rings. The van der Waals surface area contributed by atoms with Crippen LogP contribution in [-0.2, 0) is 9.59 Å². The van der Waals surface area contributed by atoms with E-state index < -0.39 is 5.97 Å². The summed E-state index contributed by atoms with van der Waals surface area (Å²) in [5.41, 5.74) is 7.26. The van der Waals surface area contributed by atoms with E-state index in [2.05, 4.69) is 5.32 Å². The number of hydrogen-bond donors (Lipinski definition) is 3. The van der Waals surface area contributed by atoms with Gasteiger partial charge >= 0.3 is 5.97 Å². The van der Waals surface area contributed by atoms with Crippen LogP contribution in [0.2, 0.25) is 5.02 Å². The van der Waals surface area contributed by atoms with Gasteiger partial charge in [0.1, 0.15) is 5.70 Å². The number of halogens is 1. The third-order valence-corrected chi connectivity index (χ3v) is 2.81. The summed E-state index contributed by atoms with van der Waals surface area (Å²) < 4.78 is 0. The quantitative estimate of drug-likeness (QED) is 0.583. The predicted molar refractivity (Wildman–Crippen MR) is 74.6 cm³/mol. The van der Waals surface area contributed by atoms with Gasteiger partial charge in [0.2, 0.25) is 5.91 Å². The minimum atomic E-state index is -1.22. The van der Waals surface area contributed by atoms with Gasteiger partial charge in [0, 0.05) is 6.42 Å². The van der Waals surface area contributed by atoms with Crippen molar-refractivity contribution in [2.45, 2.75) is 20.3 Å². The number of carbonyl (C=O) groups is 2. The van der Waals surface area contributed by atoms with E-state index in [4.69, 9.17) is 22.4 Å². The molecule has 1 aromatic carbocycles. The van der Waals surface area contributed by atoms with E-state index >= 15 is 0 Å². The Hall–Kier alpha value is -2.01. The molecule has 1 aromatic rings. The number of benzene rings is 1. The number of carboxylic acid groups (broad SMARTS) is 1. The lowest BCUT2D eigenvalue weighted by Gasteiger charge is -2.07. The van der Waals surface area contributed by atoms with Crippen molar-refractivity contribution in [1.29, 1.82) is 0 Å². The molecule has 6 heteroatoms. The van der Waals surface area contributed by atoms with E-state index in [-0.39, 0.29) is 18.0 Å². The fraction of sp³-hybridized carbons (Fsp3) is 0.231. The number of aliphatic carboxylic acids is 1. The number of nitrogens with two attached hydrogens (primary N) is 1. The lowest BCUT2D eigenvalue weighted by atomic mass is 10.1. The number of aryl methyl sites for hydroxylation is 1. The molecule has 0 aliphatic heterocycles. The molecule has 0 saturated heterocycles. The summed E-state index contributed by atoms with van der Waals surface area (Å²) in [6, 6.07) is 3.24. The van der Waals surface area contributed by atoms with Gasteiger partial charge in [-0.1, -0.05) is 18.5 Å². The molecule has 102 valence electrons. The molecule has 0 heterocycles. The van der Waals surface area contributed by atoms with Gasteiger partial charge < -0.3 is 16.2 Å². The van der Waals surface area contributed by atoms with Gasteiger partial charge in [-0.25, -0.2) is 4.79 Å². The maximum atomic E-state index is 11.2. The maximum Gasteiger partial charge on any atom is 0.352 e. The van der Waals surface area contributed by atoms with Crippen LogP contribution in [-0.4, -0.2) is 17.0 Å². The molecule has 0 atom stereocenters. The van der Waals surface area contributed by atoms with Crippen LogP contribution < -0.4 is 11.1 Å². The van der Waals surface area contributed by atoms with E-state index in [0.29, 0.717) is 16.3 Å². The fourth-order valence-electron chi connectivity index (χ4n) is 1.42. The molecule has 0 aromatic heterocycles. The largest absolute Gasteiger partial charge is 0.477 e. The third-order valence-electron chi connectivity index (χ3n) is 2.50. The minimum absolute atomic E-state index is 0.201. The first-order valence-corrected chi connectivity index (χ1v) is 6.03. The zero-order valence-electron chi connectivity index (χ0n) is 10.7. The standard InChI is InChI=1S/C13H15ClN2O3/c1-3-11(17)16-10(13(18)19)6-8-4-7(2)12(15)9(14)5-8/h4-6H,3,15H2,1-2H3,(H,16,17)(H,18,19). The molecule has 5 nitrogen and oxygen atoms in total. The van der Waals surface area contributed by atoms with Crippen molar-refractivity contribution in [3.63, 3.8) is 0 Å². The van der Waals surface area contributed by atoms with E-state index in [1.807, 2.05) is 0 Å². The maximum absolute atomic E-state index is 11.2. The number of anilines is 1. The lowest BCUT2D eigenvalue weighted by molar-refractivity contribution is -0.134. The molecule has 0 aliphatic carbocycles. The molecule has 19 heavy (non-hydrogen) atoms. The molecular weight excluding hydrogens is 268 g/mol. The molecule has 1 rings (SSSR count). The SMILES string of the molecule is CCC(=O)NC(=Cc1cc(C)c(N)c(Cl)c1)C(=O)O. The Morgan fingerprint density at radius 1 is 1.47 bits per heavy atom. The Morgan fingerprint density at radius 2 is 2.11 bits per heavy atom. The average Bonchev–Trinajstić information content (AvgIpc) is 2.34. The van der Waals surface area contributed by atoms with Crippen LogP contribution in [0.1, 0.15) is 24.5 Å². The van der Waals surface area contributed by atoms with Crippen LogP contribution >= 0.6 is 11.6 Å². The van der Waals surface area contributed by atoms with Crippen molar-refractivity contribution in [2.24, 2.45) is 0 Å². The van der Waals surface area contributed by atoms with Gasteiger partial charge in [0.25, 0.3) is 0 Å². The number of amides is 1. The van der Waals surface area contributed by atoms with Gasteiger partial charge in [-0.3, -0.25) is 4.79 Å². The molecule has 0 bridgehead atoms. The number of hydrogen-bond acceptors (Lipinski definition) is 3. The van der Waals surface area contributed by atoms with Gasteiger partial charge in [-0.15, -0.1) is 0 Å². The molecule has 0 radical (unpaired) electrons. The van der Waals surface area contributed by atoms with Crippen LogP contribution in [0.3, 0.4) is 0 Å². The highest BCUT2D eigenvalue weighted by Crippen LogP contribution is 2.25. The number of carboxylic acids is 1. The molecule has 0 saturated carbocycles. The van der Waals surface area contributed by atoms with Crippen LogP contribution in [0, 0.1) is 6.92 Å². The van der Waals surface area contributed by atoms with Gasteiger partial charge in [-0.2, -0.15) is 0 Å². The second-order valence-corrected chi connectivity index (χ2v) is 4.41. The fourth-order valence-corrected chi connectivity index (χ4v) is 1.70. The zero-order chi connectivity index (χ0) is 14.6. The summed E-state index contributed by atoms with van der Waals surface area (Å²) in [7, 11) is 0.